The first-order chi connectivity index (χ1) is 20.4. The van der Waals surface area contributed by atoms with Crippen molar-refractivity contribution in [3.05, 3.63) is 117 Å². The molecule has 4 rings (SSSR count). The summed E-state index contributed by atoms with van der Waals surface area (Å²) < 4.78 is 135. The van der Waals surface area contributed by atoms with Crippen molar-refractivity contribution in [1.82, 2.24) is 0 Å². The monoisotopic (exact) mass is 615 g/mol. The van der Waals surface area contributed by atoms with Gasteiger partial charge in [0.2, 0.25) is 5.75 Å². The molecule has 0 aliphatic heterocycles. The molecular weight excluding hydrogens is 590 g/mol. The molecule has 0 amide bonds. The largest absolute Gasteiger partial charge is 0.491 e. The van der Waals surface area contributed by atoms with Crippen molar-refractivity contribution in [2.24, 2.45) is 5.90 Å². The van der Waals surface area contributed by atoms with Gasteiger partial charge in [0.25, 0.3) is 0 Å². The zero-order valence-corrected chi connectivity index (χ0v) is 23.4. The van der Waals surface area contributed by atoms with E-state index < -0.39 is 97.2 Å². The molecule has 43 heavy (non-hydrogen) atoms. The number of hydrogen-bond donors (Lipinski definition) is 1. The van der Waals surface area contributed by atoms with E-state index in [1.807, 2.05) is 13.8 Å². The molecule has 0 saturated carbocycles. The van der Waals surface area contributed by atoms with Crippen LogP contribution in [0.1, 0.15) is 36.1 Å². The SMILES string of the molecule is CC.COc1c(F)cc(C(c2cc(F)c(OC)c(F)c2)(c2cc(F)c(OC)c(F)c2)c2cc(F)c(ON)c(F)c2)cc1F. The zero-order chi connectivity index (χ0) is 32.2. The molecule has 4 aromatic carbocycles. The molecule has 13 heteroatoms. The topological polar surface area (TPSA) is 62.9 Å². The van der Waals surface area contributed by atoms with E-state index in [0.717, 1.165) is 21.3 Å². The van der Waals surface area contributed by atoms with E-state index >= 15 is 35.1 Å². The average Bonchev–Trinajstić information content (AvgIpc) is 2.94. The molecule has 0 fully saturated rings. The molecule has 0 aliphatic rings. The van der Waals surface area contributed by atoms with Crippen LogP contribution >= 0.6 is 0 Å². The summed E-state index contributed by atoms with van der Waals surface area (Å²) in [6, 6.07) is 4.82. The Bertz CT molecular complexity index is 1310. The minimum Gasteiger partial charge on any atom is -0.491 e. The summed E-state index contributed by atoms with van der Waals surface area (Å²) in [6.07, 6.45) is 0. The number of benzene rings is 4. The Kier molecular flexibility index (Phi) is 10.1. The van der Waals surface area contributed by atoms with Gasteiger partial charge in [0.05, 0.1) is 26.7 Å². The van der Waals surface area contributed by atoms with E-state index in [1.165, 1.54) is 0 Å². The molecule has 0 aliphatic carbocycles. The van der Waals surface area contributed by atoms with E-state index in [-0.39, 0.29) is 0 Å². The molecule has 0 aromatic heterocycles. The van der Waals surface area contributed by atoms with Gasteiger partial charge in [0.1, 0.15) is 0 Å². The van der Waals surface area contributed by atoms with Crippen LogP contribution in [0, 0.1) is 46.5 Å². The summed E-state index contributed by atoms with van der Waals surface area (Å²) in [4.78, 5) is 4.21. The summed E-state index contributed by atoms with van der Waals surface area (Å²) in [6.45, 7) is 4.00. The van der Waals surface area contributed by atoms with Gasteiger partial charge in [-0.05, 0) is 70.8 Å². The first-order valence-electron chi connectivity index (χ1n) is 12.4. The zero-order valence-electron chi connectivity index (χ0n) is 23.4. The number of rotatable bonds is 8. The van der Waals surface area contributed by atoms with Crippen LogP contribution in [0.15, 0.2) is 48.5 Å². The molecule has 0 spiro atoms. The lowest BCUT2D eigenvalue weighted by Crippen LogP contribution is -2.33. The molecule has 0 unspecified atom stereocenters. The summed E-state index contributed by atoms with van der Waals surface area (Å²) in [5.74, 6) is -9.91. The number of hydrogen-bond acceptors (Lipinski definition) is 5. The molecule has 2 N–H and O–H groups in total. The van der Waals surface area contributed by atoms with Crippen molar-refractivity contribution >= 4 is 0 Å². The molecule has 230 valence electrons. The van der Waals surface area contributed by atoms with Crippen LogP contribution in [0.5, 0.6) is 23.0 Å². The minimum atomic E-state index is -2.62. The lowest BCUT2D eigenvalue weighted by molar-refractivity contribution is 0.296. The number of ether oxygens (including phenoxy) is 3. The standard InChI is InChI=1S/C28H19F8NO4.C2H6/c1-38-24-16(29)4-12(5-17(24)30)28(13-6-18(31)25(39-2)19(32)7-13,14-8-20(33)26(40-3)21(34)9-14)15-10-22(35)27(41-37)23(36)11-15;1-2/h4-11H,37H2,1-3H3;1-2H3. The Hall–Kier alpha value is -4.52. The fourth-order valence-corrected chi connectivity index (χ4v) is 4.80. The summed E-state index contributed by atoms with van der Waals surface area (Å²) >= 11 is 0. The highest BCUT2D eigenvalue weighted by Crippen LogP contribution is 2.49. The molecule has 0 radical (unpaired) electrons. The van der Waals surface area contributed by atoms with Gasteiger partial charge in [-0.3, -0.25) is 0 Å². The summed E-state index contributed by atoms with van der Waals surface area (Å²) in [5, 5.41) is 0. The van der Waals surface area contributed by atoms with Gasteiger partial charge in [-0.2, -0.15) is 5.90 Å². The highest BCUT2D eigenvalue weighted by Gasteiger charge is 2.43. The van der Waals surface area contributed by atoms with E-state index in [1.54, 1.807) is 0 Å². The van der Waals surface area contributed by atoms with Crippen molar-refractivity contribution in [2.75, 3.05) is 21.3 Å². The highest BCUT2D eigenvalue weighted by atomic mass is 19.2. The van der Waals surface area contributed by atoms with Crippen LogP contribution in [0.4, 0.5) is 35.1 Å². The van der Waals surface area contributed by atoms with Crippen molar-refractivity contribution in [1.29, 1.82) is 0 Å². The van der Waals surface area contributed by atoms with Crippen LogP contribution in [0.2, 0.25) is 0 Å². The van der Waals surface area contributed by atoms with E-state index in [4.69, 9.17) is 20.1 Å². The number of halogens is 8. The van der Waals surface area contributed by atoms with Crippen LogP contribution in [-0.2, 0) is 5.41 Å². The maximum absolute atomic E-state index is 15.1. The van der Waals surface area contributed by atoms with Gasteiger partial charge in [0, 0.05) is 0 Å². The van der Waals surface area contributed by atoms with Crippen molar-refractivity contribution in [2.45, 2.75) is 19.3 Å². The molecule has 4 aromatic rings. The Morgan fingerprint density at radius 1 is 0.419 bits per heavy atom. The van der Waals surface area contributed by atoms with Crippen molar-refractivity contribution < 1.29 is 54.2 Å². The molecule has 5 nitrogen and oxygen atoms in total. The van der Waals surface area contributed by atoms with Crippen molar-refractivity contribution in [3.8, 4) is 23.0 Å². The first kappa shape index (κ1) is 33.0. The van der Waals surface area contributed by atoms with Crippen LogP contribution in [0.3, 0.4) is 0 Å². The van der Waals surface area contributed by atoms with Gasteiger partial charge in [0.15, 0.2) is 63.8 Å². The maximum atomic E-state index is 15.1. The van der Waals surface area contributed by atoms with Crippen LogP contribution in [-0.4, -0.2) is 21.3 Å². The Labute approximate surface area is 241 Å². The normalized spacial score (nSPS) is 11.0. The fourth-order valence-electron chi connectivity index (χ4n) is 4.80. The smallest absolute Gasteiger partial charge is 0.217 e. The molecule has 0 saturated heterocycles. The van der Waals surface area contributed by atoms with Crippen LogP contribution in [0.25, 0.3) is 0 Å². The number of methoxy groups -OCH3 is 3. The van der Waals surface area contributed by atoms with Crippen molar-refractivity contribution in [3.63, 3.8) is 0 Å². The first-order valence-corrected chi connectivity index (χ1v) is 12.4. The molecular formula is C30H25F8NO4. The van der Waals surface area contributed by atoms with Crippen LogP contribution < -0.4 is 24.9 Å². The van der Waals surface area contributed by atoms with Gasteiger partial charge < -0.3 is 19.0 Å². The second-order valence-corrected chi connectivity index (χ2v) is 8.56. The molecule has 0 heterocycles. The predicted molar refractivity (Wildman–Crippen MR) is 140 cm³/mol. The lowest BCUT2D eigenvalue weighted by Gasteiger charge is -2.37. The van der Waals surface area contributed by atoms with E-state index in [2.05, 4.69) is 4.84 Å². The van der Waals surface area contributed by atoms with E-state index in [0.29, 0.717) is 48.5 Å². The maximum Gasteiger partial charge on any atom is 0.217 e. The third-order valence-electron chi connectivity index (χ3n) is 6.46. The van der Waals surface area contributed by atoms with Gasteiger partial charge in [-0.1, -0.05) is 13.8 Å². The highest BCUT2D eigenvalue weighted by molar-refractivity contribution is 5.62. The lowest BCUT2D eigenvalue weighted by atomic mass is 9.64. The summed E-state index contributed by atoms with van der Waals surface area (Å²) in [5.41, 5.74) is -5.08. The quantitative estimate of drug-likeness (QED) is 0.127. The van der Waals surface area contributed by atoms with E-state index in [9.17, 15) is 0 Å². The van der Waals surface area contributed by atoms with Gasteiger partial charge in [-0.15, -0.1) is 0 Å². The third kappa shape index (κ3) is 5.64. The third-order valence-corrected chi connectivity index (χ3v) is 6.46. The fraction of sp³-hybridized carbons (Fsp3) is 0.200. The Morgan fingerprint density at radius 2 is 0.605 bits per heavy atom. The second-order valence-electron chi connectivity index (χ2n) is 8.56. The summed E-state index contributed by atoms with van der Waals surface area (Å²) in [7, 11) is 2.85. The van der Waals surface area contributed by atoms with Gasteiger partial charge >= 0.3 is 0 Å². The van der Waals surface area contributed by atoms with Gasteiger partial charge in [-0.25, -0.2) is 35.1 Å². The molecule has 0 atom stereocenters. The predicted octanol–water partition coefficient (Wildman–Crippen LogP) is 7.49. The Balaban J connectivity index is 0.00000248. The molecule has 0 bridgehead atoms. The second kappa shape index (κ2) is 13.2. The average molecular weight is 616 g/mol. The Morgan fingerprint density at radius 3 is 0.767 bits per heavy atom. The number of nitrogens with two attached hydrogens (primary N) is 1. The minimum absolute atomic E-state index is 0.561.